The number of amides is 1. The Bertz CT molecular complexity index is 923. The van der Waals surface area contributed by atoms with E-state index < -0.39 is 0 Å². The molecule has 6 nitrogen and oxygen atoms in total. The minimum Gasteiger partial charge on any atom is -0.492 e. The van der Waals surface area contributed by atoms with Gasteiger partial charge in [0.25, 0.3) is 5.91 Å². The van der Waals surface area contributed by atoms with Gasteiger partial charge in [0.15, 0.2) is 0 Å². The Hall–Kier alpha value is -3.41. The number of para-hydroxylation sites is 2. The summed E-state index contributed by atoms with van der Waals surface area (Å²) in [5, 5.41) is 3.30. The summed E-state index contributed by atoms with van der Waals surface area (Å²) in [6.45, 7) is 2.42. The Morgan fingerprint density at radius 2 is 1.96 bits per heavy atom. The van der Waals surface area contributed by atoms with E-state index in [1.165, 1.54) is 0 Å². The van der Waals surface area contributed by atoms with E-state index >= 15 is 0 Å². The molecule has 0 saturated heterocycles. The summed E-state index contributed by atoms with van der Waals surface area (Å²) < 4.78 is 5.57. The summed E-state index contributed by atoms with van der Waals surface area (Å²) in [4.78, 5) is 21.1. The first-order valence-corrected chi connectivity index (χ1v) is 7.90. The van der Waals surface area contributed by atoms with Gasteiger partial charge in [-0.25, -0.2) is 4.99 Å². The second-order valence-corrected chi connectivity index (χ2v) is 5.23. The number of fused-ring (bicyclic) bond motifs is 1. The van der Waals surface area contributed by atoms with Crippen molar-refractivity contribution in [1.29, 1.82) is 0 Å². The molecule has 0 unspecified atom stereocenters. The normalized spacial score (nSPS) is 11.3. The van der Waals surface area contributed by atoms with Crippen LogP contribution in [0.1, 0.15) is 17.3 Å². The van der Waals surface area contributed by atoms with Crippen LogP contribution in [0.3, 0.4) is 0 Å². The van der Waals surface area contributed by atoms with Crippen LogP contribution in [0.2, 0.25) is 0 Å². The SMILES string of the molecule is CCOc1cccc2c(C(=O)NC(N)=Nc3ccccc3)ccnc12. The molecule has 0 bridgehead atoms. The summed E-state index contributed by atoms with van der Waals surface area (Å²) >= 11 is 0. The van der Waals surface area contributed by atoms with Crippen molar-refractivity contribution in [1.82, 2.24) is 10.3 Å². The maximum absolute atomic E-state index is 12.6. The number of benzene rings is 2. The van der Waals surface area contributed by atoms with E-state index in [1.54, 1.807) is 24.4 Å². The molecule has 126 valence electrons. The van der Waals surface area contributed by atoms with Gasteiger partial charge >= 0.3 is 0 Å². The van der Waals surface area contributed by atoms with Crippen LogP contribution in [0.4, 0.5) is 5.69 Å². The van der Waals surface area contributed by atoms with Crippen LogP contribution in [-0.2, 0) is 0 Å². The Morgan fingerprint density at radius 1 is 1.16 bits per heavy atom. The molecular formula is C19H18N4O2. The number of nitrogens with one attached hydrogen (secondary N) is 1. The van der Waals surface area contributed by atoms with E-state index in [-0.39, 0.29) is 11.9 Å². The van der Waals surface area contributed by atoms with Crippen LogP contribution in [0.5, 0.6) is 5.75 Å². The number of rotatable bonds is 4. The first-order chi connectivity index (χ1) is 12.2. The summed E-state index contributed by atoms with van der Waals surface area (Å²) in [6.07, 6.45) is 1.57. The van der Waals surface area contributed by atoms with Gasteiger partial charge in [-0.15, -0.1) is 0 Å². The molecule has 0 aliphatic heterocycles. The number of hydrogen-bond donors (Lipinski definition) is 2. The number of hydrogen-bond acceptors (Lipinski definition) is 4. The summed E-state index contributed by atoms with van der Waals surface area (Å²) in [6, 6.07) is 16.3. The minimum atomic E-state index is -0.349. The zero-order chi connectivity index (χ0) is 17.6. The third-order valence-corrected chi connectivity index (χ3v) is 3.53. The fourth-order valence-electron chi connectivity index (χ4n) is 2.47. The van der Waals surface area contributed by atoms with Crippen molar-refractivity contribution >= 4 is 28.5 Å². The standard InChI is InChI=1S/C19H18N4O2/c1-2-25-16-10-6-9-14-15(11-12-21-17(14)16)18(24)23-19(20)22-13-7-4-3-5-8-13/h3-12H,2H2,1H3,(H3,20,22,23,24). The van der Waals surface area contributed by atoms with Crippen LogP contribution in [-0.4, -0.2) is 23.5 Å². The number of nitrogens with two attached hydrogens (primary N) is 1. The Labute approximate surface area is 145 Å². The molecule has 0 atom stereocenters. The molecule has 3 aromatic rings. The van der Waals surface area contributed by atoms with Crippen LogP contribution in [0, 0.1) is 0 Å². The van der Waals surface area contributed by atoms with Crippen molar-refractivity contribution in [3.8, 4) is 5.75 Å². The molecule has 1 amide bonds. The van der Waals surface area contributed by atoms with Crippen molar-refractivity contribution < 1.29 is 9.53 Å². The van der Waals surface area contributed by atoms with Gasteiger partial charge in [-0.3, -0.25) is 15.1 Å². The molecule has 1 aromatic heterocycles. The largest absolute Gasteiger partial charge is 0.492 e. The molecule has 0 saturated carbocycles. The molecule has 25 heavy (non-hydrogen) atoms. The minimum absolute atomic E-state index is 0.0297. The van der Waals surface area contributed by atoms with Gasteiger partial charge in [0.1, 0.15) is 11.3 Å². The lowest BCUT2D eigenvalue weighted by Crippen LogP contribution is -2.36. The zero-order valence-corrected chi connectivity index (χ0v) is 13.8. The van der Waals surface area contributed by atoms with Gasteiger partial charge in [0, 0.05) is 11.6 Å². The molecule has 1 heterocycles. The molecule has 0 aliphatic rings. The Morgan fingerprint density at radius 3 is 2.72 bits per heavy atom. The monoisotopic (exact) mass is 334 g/mol. The highest BCUT2D eigenvalue weighted by Crippen LogP contribution is 2.26. The topological polar surface area (TPSA) is 89.6 Å². The maximum atomic E-state index is 12.6. The fraction of sp³-hybridized carbons (Fsp3) is 0.105. The lowest BCUT2D eigenvalue weighted by molar-refractivity contribution is 0.0978. The quantitative estimate of drug-likeness (QED) is 0.567. The third-order valence-electron chi connectivity index (χ3n) is 3.53. The van der Waals surface area contributed by atoms with Crippen molar-refractivity contribution in [2.45, 2.75) is 6.92 Å². The Kier molecular flexibility index (Phi) is 4.89. The second kappa shape index (κ2) is 7.44. The molecule has 3 rings (SSSR count). The zero-order valence-electron chi connectivity index (χ0n) is 13.8. The predicted molar refractivity (Wildman–Crippen MR) is 98.1 cm³/mol. The molecule has 6 heteroatoms. The number of pyridine rings is 1. The molecule has 0 spiro atoms. The number of carbonyl (C=O) groups excluding carboxylic acids is 1. The predicted octanol–water partition coefficient (Wildman–Crippen LogP) is 3.01. The average molecular weight is 334 g/mol. The van der Waals surface area contributed by atoms with Crippen molar-refractivity contribution in [2.24, 2.45) is 10.7 Å². The molecule has 0 aliphatic carbocycles. The lowest BCUT2D eigenvalue weighted by Gasteiger charge is -2.10. The van der Waals surface area contributed by atoms with Gasteiger partial charge in [-0.1, -0.05) is 30.3 Å². The van der Waals surface area contributed by atoms with Gasteiger partial charge in [0.2, 0.25) is 5.96 Å². The van der Waals surface area contributed by atoms with E-state index in [1.807, 2.05) is 43.3 Å². The van der Waals surface area contributed by atoms with E-state index in [0.717, 1.165) is 0 Å². The van der Waals surface area contributed by atoms with Gasteiger partial charge < -0.3 is 10.5 Å². The fourth-order valence-corrected chi connectivity index (χ4v) is 2.47. The number of nitrogens with zero attached hydrogens (tertiary/aromatic N) is 2. The smallest absolute Gasteiger partial charge is 0.258 e. The molecule has 0 fully saturated rings. The van der Waals surface area contributed by atoms with Crippen molar-refractivity contribution in [2.75, 3.05) is 6.61 Å². The van der Waals surface area contributed by atoms with Gasteiger partial charge in [0.05, 0.1) is 17.9 Å². The van der Waals surface area contributed by atoms with Gasteiger partial charge in [-0.2, -0.15) is 0 Å². The Balaban J connectivity index is 1.90. The van der Waals surface area contributed by atoms with Crippen LogP contribution in [0.25, 0.3) is 10.9 Å². The molecule has 2 aromatic carbocycles. The number of carbonyl (C=O) groups is 1. The number of guanidine groups is 1. The van der Waals surface area contributed by atoms with Gasteiger partial charge in [-0.05, 0) is 31.2 Å². The number of ether oxygens (including phenoxy) is 1. The van der Waals surface area contributed by atoms with E-state index in [9.17, 15) is 4.79 Å². The van der Waals surface area contributed by atoms with Crippen LogP contribution >= 0.6 is 0 Å². The first kappa shape index (κ1) is 16.4. The highest BCUT2D eigenvalue weighted by Gasteiger charge is 2.13. The first-order valence-electron chi connectivity index (χ1n) is 7.90. The summed E-state index contributed by atoms with van der Waals surface area (Å²) in [5.41, 5.74) is 7.60. The van der Waals surface area contributed by atoms with E-state index in [4.69, 9.17) is 10.5 Å². The highest BCUT2D eigenvalue weighted by molar-refractivity contribution is 6.12. The molecular weight excluding hydrogens is 316 g/mol. The number of aliphatic imine (C=N–C) groups is 1. The average Bonchev–Trinajstić information content (AvgIpc) is 2.62. The van der Waals surface area contributed by atoms with Crippen LogP contribution in [0.15, 0.2) is 65.8 Å². The summed E-state index contributed by atoms with van der Waals surface area (Å²) in [5.74, 6) is 0.320. The third kappa shape index (κ3) is 3.74. The molecule has 0 radical (unpaired) electrons. The number of aromatic nitrogens is 1. The second-order valence-electron chi connectivity index (χ2n) is 5.23. The van der Waals surface area contributed by atoms with E-state index in [0.29, 0.717) is 34.5 Å². The maximum Gasteiger partial charge on any atom is 0.258 e. The lowest BCUT2D eigenvalue weighted by atomic mass is 10.1. The van der Waals surface area contributed by atoms with Crippen LogP contribution < -0.4 is 15.8 Å². The van der Waals surface area contributed by atoms with Crippen molar-refractivity contribution in [3.05, 3.63) is 66.4 Å². The summed E-state index contributed by atoms with van der Waals surface area (Å²) in [7, 11) is 0. The highest BCUT2D eigenvalue weighted by atomic mass is 16.5. The van der Waals surface area contributed by atoms with E-state index in [2.05, 4.69) is 15.3 Å². The molecule has 3 N–H and O–H groups in total. The van der Waals surface area contributed by atoms with Crippen molar-refractivity contribution in [3.63, 3.8) is 0 Å².